The van der Waals surface area contributed by atoms with Gasteiger partial charge in [-0.25, -0.2) is 19.0 Å². The zero-order chi connectivity index (χ0) is 18.8. The number of hydrogen-bond acceptors (Lipinski definition) is 4. The average Bonchev–Trinajstić information content (AvgIpc) is 3.04. The topological polar surface area (TPSA) is 55.6 Å². The molecule has 6 heteroatoms. The summed E-state index contributed by atoms with van der Waals surface area (Å²) in [5.74, 6) is 0.213. The second-order valence-electron chi connectivity index (χ2n) is 6.31. The van der Waals surface area contributed by atoms with Gasteiger partial charge >= 0.3 is 0 Å². The number of nitrogens with zero attached hydrogens (tertiary/aromatic N) is 4. The Hall–Kier alpha value is -3.54. The molecule has 2 aromatic carbocycles. The van der Waals surface area contributed by atoms with Crippen LogP contribution in [0, 0.1) is 19.7 Å². The van der Waals surface area contributed by atoms with E-state index in [1.54, 1.807) is 16.9 Å². The highest BCUT2D eigenvalue weighted by molar-refractivity contribution is 5.64. The first-order valence-corrected chi connectivity index (χ1v) is 8.58. The third-order valence-corrected chi connectivity index (χ3v) is 4.18. The van der Waals surface area contributed by atoms with E-state index in [0.29, 0.717) is 11.6 Å². The molecule has 0 spiro atoms. The summed E-state index contributed by atoms with van der Waals surface area (Å²) < 4.78 is 15.2. The number of halogens is 1. The van der Waals surface area contributed by atoms with Crippen molar-refractivity contribution in [3.63, 3.8) is 0 Å². The van der Waals surface area contributed by atoms with Gasteiger partial charge in [0.05, 0.1) is 17.1 Å². The molecule has 134 valence electrons. The SMILES string of the molecule is Cc1cccc(Nc2nccc(-c3cn(-c4cccc(F)c4)nc3C)n2)c1. The molecule has 0 radical (unpaired) electrons. The molecule has 0 saturated heterocycles. The van der Waals surface area contributed by atoms with E-state index in [1.807, 2.05) is 56.4 Å². The van der Waals surface area contributed by atoms with E-state index in [1.165, 1.54) is 12.1 Å². The van der Waals surface area contributed by atoms with Crippen molar-refractivity contribution in [3.8, 4) is 16.9 Å². The van der Waals surface area contributed by atoms with Crippen LogP contribution in [0.3, 0.4) is 0 Å². The van der Waals surface area contributed by atoms with Gasteiger partial charge in [-0.3, -0.25) is 0 Å². The van der Waals surface area contributed by atoms with Crippen molar-refractivity contribution in [2.24, 2.45) is 0 Å². The van der Waals surface area contributed by atoms with Crippen molar-refractivity contribution in [1.29, 1.82) is 0 Å². The van der Waals surface area contributed by atoms with Crippen molar-refractivity contribution in [1.82, 2.24) is 19.7 Å². The maximum absolute atomic E-state index is 13.5. The quantitative estimate of drug-likeness (QED) is 0.567. The first kappa shape index (κ1) is 16.9. The lowest BCUT2D eigenvalue weighted by atomic mass is 10.2. The van der Waals surface area contributed by atoms with E-state index in [2.05, 4.69) is 20.4 Å². The molecular weight excluding hydrogens is 341 g/mol. The smallest absolute Gasteiger partial charge is 0.227 e. The van der Waals surface area contributed by atoms with Crippen LogP contribution in [0.5, 0.6) is 0 Å². The first-order chi connectivity index (χ1) is 13.1. The molecule has 0 aliphatic rings. The molecule has 4 rings (SSSR count). The Morgan fingerprint density at radius 3 is 2.67 bits per heavy atom. The third kappa shape index (κ3) is 3.69. The first-order valence-electron chi connectivity index (χ1n) is 8.58. The van der Waals surface area contributed by atoms with Gasteiger partial charge in [0.1, 0.15) is 5.82 Å². The van der Waals surface area contributed by atoms with Crippen molar-refractivity contribution in [2.75, 3.05) is 5.32 Å². The minimum absolute atomic E-state index is 0.297. The van der Waals surface area contributed by atoms with E-state index in [4.69, 9.17) is 0 Å². The summed E-state index contributed by atoms with van der Waals surface area (Å²) in [5.41, 5.74) is 5.17. The molecule has 0 aliphatic heterocycles. The Bertz CT molecular complexity index is 1100. The maximum Gasteiger partial charge on any atom is 0.227 e. The molecule has 2 heterocycles. The number of nitrogens with one attached hydrogen (secondary N) is 1. The van der Waals surface area contributed by atoms with E-state index in [-0.39, 0.29) is 5.82 Å². The zero-order valence-corrected chi connectivity index (χ0v) is 15.0. The molecule has 2 aromatic heterocycles. The van der Waals surface area contributed by atoms with E-state index in [9.17, 15) is 4.39 Å². The van der Waals surface area contributed by atoms with Gasteiger partial charge in [0, 0.05) is 23.6 Å². The maximum atomic E-state index is 13.5. The van der Waals surface area contributed by atoms with Crippen LogP contribution < -0.4 is 5.32 Å². The molecule has 4 aromatic rings. The highest BCUT2D eigenvalue weighted by Crippen LogP contribution is 2.24. The summed E-state index contributed by atoms with van der Waals surface area (Å²) in [6.07, 6.45) is 3.56. The molecule has 0 fully saturated rings. The third-order valence-electron chi connectivity index (χ3n) is 4.18. The van der Waals surface area contributed by atoms with Crippen LogP contribution in [0.1, 0.15) is 11.3 Å². The minimum Gasteiger partial charge on any atom is -0.324 e. The van der Waals surface area contributed by atoms with E-state index < -0.39 is 0 Å². The van der Waals surface area contributed by atoms with E-state index in [0.717, 1.165) is 28.2 Å². The van der Waals surface area contributed by atoms with Gasteiger partial charge in [-0.15, -0.1) is 0 Å². The molecule has 1 N–H and O–H groups in total. The summed E-state index contributed by atoms with van der Waals surface area (Å²) in [6.45, 7) is 3.94. The molecule has 5 nitrogen and oxygen atoms in total. The van der Waals surface area contributed by atoms with Crippen LogP contribution in [-0.4, -0.2) is 19.7 Å². The second kappa shape index (κ2) is 6.99. The number of aryl methyl sites for hydroxylation is 2. The highest BCUT2D eigenvalue weighted by Gasteiger charge is 2.11. The van der Waals surface area contributed by atoms with Gasteiger partial charge < -0.3 is 5.32 Å². The van der Waals surface area contributed by atoms with Crippen LogP contribution in [0.25, 0.3) is 16.9 Å². The Labute approximate surface area is 156 Å². The zero-order valence-electron chi connectivity index (χ0n) is 15.0. The van der Waals surface area contributed by atoms with Gasteiger partial charge in [-0.1, -0.05) is 18.2 Å². The van der Waals surface area contributed by atoms with Gasteiger partial charge in [0.15, 0.2) is 0 Å². The van der Waals surface area contributed by atoms with Crippen molar-refractivity contribution in [3.05, 3.63) is 84.1 Å². The monoisotopic (exact) mass is 359 g/mol. The molecule has 0 atom stereocenters. The number of rotatable bonds is 4. The lowest BCUT2D eigenvalue weighted by molar-refractivity contribution is 0.625. The summed E-state index contributed by atoms with van der Waals surface area (Å²) in [4.78, 5) is 8.90. The molecule has 0 unspecified atom stereocenters. The molecule has 0 amide bonds. The van der Waals surface area contributed by atoms with Crippen molar-refractivity contribution < 1.29 is 4.39 Å². The fraction of sp³-hybridized carbons (Fsp3) is 0.0952. The lowest BCUT2D eigenvalue weighted by Crippen LogP contribution is -1.98. The molecule has 0 saturated carbocycles. The van der Waals surface area contributed by atoms with Crippen molar-refractivity contribution >= 4 is 11.6 Å². The highest BCUT2D eigenvalue weighted by atomic mass is 19.1. The Morgan fingerprint density at radius 1 is 1.00 bits per heavy atom. The van der Waals surface area contributed by atoms with Crippen molar-refractivity contribution in [2.45, 2.75) is 13.8 Å². The predicted molar refractivity (Wildman–Crippen MR) is 104 cm³/mol. The second-order valence-corrected chi connectivity index (χ2v) is 6.31. The van der Waals surface area contributed by atoms with Crippen LogP contribution in [0.2, 0.25) is 0 Å². The van der Waals surface area contributed by atoms with Crippen LogP contribution in [0.15, 0.2) is 67.0 Å². The summed E-state index contributed by atoms with van der Waals surface area (Å²) in [7, 11) is 0. The van der Waals surface area contributed by atoms with Crippen LogP contribution in [0.4, 0.5) is 16.0 Å². The molecule has 27 heavy (non-hydrogen) atoms. The van der Waals surface area contributed by atoms with Gasteiger partial charge in [-0.2, -0.15) is 5.10 Å². The Morgan fingerprint density at radius 2 is 1.85 bits per heavy atom. The number of hydrogen-bond donors (Lipinski definition) is 1. The van der Waals surface area contributed by atoms with Gasteiger partial charge in [0.25, 0.3) is 0 Å². The van der Waals surface area contributed by atoms with Gasteiger partial charge in [0.2, 0.25) is 5.95 Å². The number of anilines is 2. The minimum atomic E-state index is -0.297. The Balaban J connectivity index is 1.66. The molecule has 0 bridgehead atoms. The fourth-order valence-electron chi connectivity index (χ4n) is 2.88. The van der Waals surface area contributed by atoms with E-state index >= 15 is 0 Å². The normalized spacial score (nSPS) is 10.8. The molecular formula is C21H18FN5. The number of benzene rings is 2. The largest absolute Gasteiger partial charge is 0.324 e. The summed E-state index contributed by atoms with van der Waals surface area (Å²) >= 11 is 0. The summed E-state index contributed by atoms with van der Waals surface area (Å²) in [6, 6.07) is 16.2. The van der Waals surface area contributed by atoms with Crippen LogP contribution >= 0.6 is 0 Å². The van der Waals surface area contributed by atoms with Gasteiger partial charge in [-0.05, 0) is 55.8 Å². The lowest BCUT2D eigenvalue weighted by Gasteiger charge is -2.06. The number of aromatic nitrogens is 4. The predicted octanol–water partition coefficient (Wildman–Crippen LogP) is 4.83. The standard InChI is InChI=1S/C21H18FN5/c1-14-5-3-7-17(11-14)24-21-23-10-9-20(25-21)19-13-27(26-15(19)2)18-8-4-6-16(22)12-18/h3-13H,1-2H3,(H,23,24,25). The molecule has 0 aliphatic carbocycles. The Kier molecular flexibility index (Phi) is 4.38. The average molecular weight is 359 g/mol. The fourth-order valence-corrected chi connectivity index (χ4v) is 2.88. The summed E-state index contributed by atoms with van der Waals surface area (Å²) in [5, 5.41) is 7.71. The van der Waals surface area contributed by atoms with Crippen LogP contribution in [-0.2, 0) is 0 Å².